The predicted octanol–water partition coefficient (Wildman–Crippen LogP) is 0.750. The van der Waals surface area contributed by atoms with E-state index >= 15 is 0 Å². The largest absolute Gasteiger partial charge is 0.366 e. The number of rotatable bonds is 6. The molecule has 0 spiro atoms. The van der Waals surface area contributed by atoms with Gasteiger partial charge in [0.15, 0.2) is 0 Å². The van der Waals surface area contributed by atoms with Gasteiger partial charge < -0.3 is 10.5 Å². The lowest BCUT2D eigenvalue weighted by atomic mass is 10.1. The zero-order valence-corrected chi connectivity index (χ0v) is 8.57. The van der Waals surface area contributed by atoms with Crippen LogP contribution in [-0.4, -0.2) is 26.4 Å². The third kappa shape index (κ3) is 3.87. The molecular weight excluding hydrogens is 176 g/mol. The fourth-order valence-corrected chi connectivity index (χ4v) is 1.31. The summed E-state index contributed by atoms with van der Waals surface area (Å²) in [5.41, 5.74) is 6.67. The van der Waals surface area contributed by atoms with Crippen LogP contribution in [0.25, 0.3) is 0 Å². The van der Waals surface area contributed by atoms with Gasteiger partial charge in [0.2, 0.25) is 0 Å². The van der Waals surface area contributed by atoms with Crippen molar-refractivity contribution in [2.75, 3.05) is 20.2 Å². The van der Waals surface area contributed by atoms with Crippen LogP contribution in [0, 0.1) is 0 Å². The molecule has 0 aromatic heterocycles. The molecule has 1 aromatic rings. The number of methoxy groups -OCH3 is 1. The molecule has 3 heteroatoms. The maximum Gasteiger partial charge on any atom is 0.111 e. The number of nitrogens with two attached hydrogens (primary N) is 1. The van der Waals surface area contributed by atoms with Crippen molar-refractivity contribution in [2.24, 2.45) is 5.73 Å². The summed E-state index contributed by atoms with van der Waals surface area (Å²) in [6, 6.07) is 10.3. The van der Waals surface area contributed by atoms with Crippen LogP contribution in [0.1, 0.15) is 5.56 Å². The minimum absolute atomic E-state index is 0.0564. The first-order valence-corrected chi connectivity index (χ1v) is 4.87. The molecule has 0 aliphatic rings. The van der Waals surface area contributed by atoms with Crippen molar-refractivity contribution in [2.45, 2.75) is 12.6 Å². The highest BCUT2D eigenvalue weighted by Crippen LogP contribution is 2.03. The van der Waals surface area contributed by atoms with E-state index in [0.29, 0.717) is 6.54 Å². The van der Waals surface area contributed by atoms with Crippen LogP contribution in [0.5, 0.6) is 0 Å². The summed E-state index contributed by atoms with van der Waals surface area (Å²) in [6.45, 7) is 1.42. The number of ether oxygens (including phenoxy) is 1. The molecule has 78 valence electrons. The summed E-state index contributed by atoms with van der Waals surface area (Å²) in [5.74, 6) is 0. The third-order valence-corrected chi connectivity index (χ3v) is 2.06. The van der Waals surface area contributed by atoms with Crippen LogP contribution < -0.4 is 11.1 Å². The predicted molar refractivity (Wildman–Crippen MR) is 58.0 cm³/mol. The lowest BCUT2D eigenvalue weighted by Crippen LogP contribution is -2.36. The van der Waals surface area contributed by atoms with E-state index in [0.717, 1.165) is 13.0 Å². The molecule has 0 saturated heterocycles. The Morgan fingerprint density at radius 2 is 2.07 bits per heavy atom. The number of hydrogen-bond acceptors (Lipinski definition) is 3. The quantitative estimate of drug-likeness (QED) is 0.657. The monoisotopic (exact) mass is 194 g/mol. The highest BCUT2D eigenvalue weighted by atomic mass is 16.5. The van der Waals surface area contributed by atoms with Crippen LogP contribution in [0.15, 0.2) is 30.3 Å². The zero-order valence-electron chi connectivity index (χ0n) is 8.57. The first-order chi connectivity index (χ1) is 6.86. The van der Waals surface area contributed by atoms with Crippen LogP contribution in [0.4, 0.5) is 0 Å². The highest BCUT2D eigenvalue weighted by Gasteiger charge is 2.05. The van der Waals surface area contributed by atoms with E-state index in [-0.39, 0.29) is 6.23 Å². The second kappa shape index (κ2) is 6.54. The molecule has 0 amide bonds. The van der Waals surface area contributed by atoms with Gasteiger partial charge in [-0.25, -0.2) is 0 Å². The van der Waals surface area contributed by atoms with Crippen LogP contribution >= 0.6 is 0 Å². The van der Waals surface area contributed by atoms with Crippen molar-refractivity contribution < 1.29 is 4.74 Å². The molecule has 1 aromatic carbocycles. The first kappa shape index (κ1) is 11.2. The van der Waals surface area contributed by atoms with E-state index < -0.39 is 0 Å². The van der Waals surface area contributed by atoms with Crippen molar-refractivity contribution in [3.63, 3.8) is 0 Å². The molecule has 0 aliphatic carbocycles. The van der Waals surface area contributed by atoms with E-state index in [9.17, 15) is 0 Å². The summed E-state index contributed by atoms with van der Waals surface area (Å²) in [5, 5.41) is 3.22. The van der Waals surface area contributed by atoms with E-state index in [4.69, 9.17) is 10.5 Å². The SMILES string of the molecule is COC(Cc1ccccc1)NCCN. The topological polar surface area (TPSA) is 47.3 Å². The molecule has 0 bridgehead atoms. The molecule has 14 heavy (non-hydrogen) atoms. The van der Waals surface area contributed by atoms with Crippen molar-refractivity contribution >= 4 is 0 Å². The average molecular weight is 194 g/mol. The molecule has 3 N–H and O–H groups in total. The third-order valence-electron chi connectivity index (χ3n) is 2.06. The van der Waals surface area contributed by atoms with Crippen LogP contribution in [-0.2, 0) is 11.2 Å². The van der Waals surface area contributed by atoms with Gasteiger partial charge in [0.25, 0.3) is 0 Å². The standard InChI is InChI=1S/C11H18N2O/c1-14-11(13-8-7-12)9-10-5-3-2-4-6-10/h2-6,11,13H,7-9,12H2,1H3. The fourth-order valence-electron chi connectivity index (χ4n) is 1.31. The van der Waals surface area contributed by atoms with Crippen LogP contribution in [0.3, 0.4) is 0 Å². The molecule has 0 heterocycles. The molecular formula is C11H18N2O. The maximum atomic E-state index is 5.41. The van der Waals surface area contributed by atoms with Gasteiger partial charge in [0.05, 0.1) is 0 Å². The van der Waals surface area contributed by atoms with E-state index in [1.807, 2.05) is 18.2 Å². The number of benzene rings is 1. The zero-order chi connectivity index (χ0) is 10.2. The van der Waals surface area contributed by atoms with Gasteiger partial charge in [0, 0.05) is 26.6 Å². The summed E-state index contributed by atoms with van der Waals surface area (Å²) < 4.78 is 5.29. The van der Waals surface area contributed by atoms with Crippen molar-refractivity contribution in [1.29, 1.82) is 0 Å². The Kier molecular flexibility index (Phi) is 5.22. The Labute approximate surface area is 85.3 Å². The fraction of sp³-hybridized carbons (Fsp3) is 0.455. The van der Waals surface area contributed by atoms with Gasteiger partial charge in [-0.1, -0.05) is 30.3 Å². The summed E-state index contributed by atoms with van der Waals surface area (Å²) in [7, 11) is 1.71. The van der Waals surface area contributed by atoms with Gasteiger partial charge in [0.1, 0.15) is 6.23 Å². The molecule has 0 saturated carbocycles. The van der Waals surface area contributed by atoms with Crippen molar-refractivity contribution in [1.82, 2.24) is 5.32 Å². The summed E-state index contributed by atoms with van der Waals surface area (Å²) >= 11 is 0. The molecule has 0 fully saturated rings. The second-order valence-electron chi connectivity index (χ2n) is 3.16. The van der Waals surface area contributed by atoms with Crippen molar-refractivity contribution in [3.8, 4) is 0 Å². The number of hydrogen-bond donors (Lipinski definition) is 2. The normalized spacial score (nSPS) is 12.7. The van der Waals surface area contributed by atoms with E-state index in [2.05, 4.69) is 17.4 Å². The van der Waals surface area contributed by atoms with Gasteiger partial charge in [-0.2, -0.15) is 0 Å². The smallest absolute Gasteiger partial charge is 0.111 e. The van der Waals surface area contributed by atoms with E-state index in [1.54, 1.807) is 7.11 Å². The van der Waals surface area contributed by atoms with E-state index in [1.165, 1.54) is 5.56 Å². The minimum atomic E-state index is 0.0564. The molecule has 3 nitrogen and oxygen atoms in total. The molecule has 0 aliphatic heterocycles. The van der Waals surface area contributed by atoms with Gasteiger partial charge in [-0.15, -0.1) is 0 Å². The van der Waals surface area contributed by atoms with Gasteiger partial charge in [-0.05, 0) is 5.56 Å². The average Bonchev–Trinajstić information content (AvgIpc) is 2.25. The lowest BCUT2D eigenvalue weighted by molar-refractivity contribution is 0.0754. The molecule has 0 radical (unpaired) electrons. The highest BCUT2D eigenvalue weighted by molar-refractivity contribution is 5.15. The Hall–Kier alpha value is -0.900. The van der Waals surface area contributed by atoms with Gasteiger partial charge in [-0.3, -0.25) is 5.32 Å². The minimum Gasteiger partial charge on any atom is -0.366 e. The first-order valence-electron chi connectivity index (χ1n) is 4.87. The maximum absolute atomic E-state index is 5.41. The Balaban J connectivity index is 2.40. The number of nitrogens with one attached hydrogen (secondary N) is 1. The van der Waals surface area contributed by atoms with Gasteiger partial charge >= 0.3 is 0 Å². The summed E-state index contributed by atoms with van der Waals surface area (Å²) in [4.78, 5) is 0. The summed E-state index contributed by atoms with van der Waals surface area (Å²) in [6.07, 6.45) is 0.929. The Morgan fingerprint density at radius 3 is 2.64 bits per heavy atom. The Bertz CT molecular complexity index is 238. The van der Waals surface area contributed by atoms with Crippen molar-refractivity contribution in [3.05, 3.63) is 35.9 Å². The molecule has 1 rings (SSSR count). The molecule has 1 unspecified atom stereocenters. The Morgan fingerprint density at radius 1 is 1.36 bits per heavy atom. The lowest BCUT2D eigenvalue weighted by Gasteiger charge is -2.16. The van der Waals surface area contributed by atoms with Crippen LogP contribution in [0.2, 0.25) is 0 Å². The second-order valence-corrected chi connectivity index (χ2v) is 3.16. The molecule has 1 atom stereocenters.